The van der Waals surface area contributed by atoms with Gasteiger partial charge in [0.25, 0.3) is 0 Å². The van der Waals surface area contributed by atoms with E-state index in [1.807, 2.05) is 35.4 Å². The van der Waals surface area contributed by atoms with Gasteiger partial charge in [0.15, 0.2) is 0 Å². The molecule has 4 heteroatoms. The number of fused-ring (bicyclic) bond motifs is 1. The van der Waals surface area contributed by atoms with Crippen LogP contribution in [0.2, 0.25) is 0 Å². The molecule has 2 aromatic rings. The van der Waals surface area contributed by atoms with E-state index in [4.69, 9.17) is 0 Å². The highest BCUT2D eigenvalue weighted by atomic mass is 32.1. The third-order valence-corrected chi connectivity index (χ3v) is 4.30. The Bertz CT molecular complexity index is 620. The molecular weight excluding hydrogens is 256 g/mol. The summed E-state index contributed by atoms with van der Waals surface area (Å²) in [6.07, 6.45) is 1.33. The molecule has 1 unspecified atom stereocenters. The molecule has 1 atom stereocenters. The fourth-order valence-corrected chi connectivity index (χ4v) is 3.29. The molecule has 0 spiro atoms. The average molecular weight is 272 g/mol. The number of nitrogens with zero attached hydrogens (tertiary/aromatic N) is 2. The van der Waals surface area contributed by atoms with Gasteiger partial charge in [-0.05, 0) is 31.9 Å². The van der Waals surface area contributed by atoms with Crippen LogP contribution in [0.4, 0.5) is 5.69 Å². The summed E-state index contributed by atoms with van der Waals surface area (Å²) >= 11 is 1.59. The van der Waals surface area contributed by atoms with Crippen molar-refractivity contribution in [2.24, 2.45) is 0 Å². The molecule has 0 bridgehead atoms. The van der Waals surface area contributed by atoms with Crippen LogP contribution in [0, 0.1) is 6.92 Å². The molecule has 1 amide bonds. The first kappa shape index (κ1) is 12.4. The Kier molecular flexibility index (Phi) is 3.11. The molecule has 0 saturated heterocycles. The fraction of sp³-hybridized carbons (Fsp3) is 0.333. The summed E-state index contributed by atoms with van der Waals surface area (Å²) in [6.45, 7) is 4.07. The predicted octanol–water partition coefficient (Wildman–Crippen LogP) is 2.97. The Balaban J connectivity index is 1.84. The number of hydrogen-bond acceptors (Lipinski definition) is 3. The molecule has 3 nitrogen and oxygen atoms in total. The van der Waals surface area contributed by atoms with Gasteiger partial charge in [0, 0.05) is 17.1 Å². The van der Waals surface area contributed by atoms with Crippen LogP contribution < -0.4 is 4.90 Å². The minimum atomic E-state index is 0.141. The second kappa shape index (κ2) is 4.78. The van der Waals surface area contributed by atoms with Gasteiger partial charge in [0.1, 0.15) is 0 Å². The molecule has 0 saturated carbocycles. The van der Waals surface area contributed by atoms with Crippen molar-refractivity contribution in [2.45, 2.75) is 32.7 Å². The van der Waals surface area contributed by atoms with Crippen LogP contribution >= 0.6 is 11.3 Å². The molecule has 0 radical (unpaired) electrons. The highest BCUT2D eigenvalue weighted by molar-refractivity contribution is 7.09. The Morgan fingerprint density at radius 3 is 3.00 bits per heavy atom. The number of aryl methyl sites for hydroxylation is 1. The fourth-order valence-electron chi connectivity index (χ4n) is 2.68. The molecule has 0 aliphatic carbocycles. The van der Waals surface area contributed by atoms with Gasteiger partial charge in [-0.2, -0.15) is 0 Å². The van der Waals surface area contributed by atoms with E-state index in [9.17, 15) is 4.79 Å². The van der Waals surface area contributed by atoms with Crippen molar-refractivity contribution < 1.29 is 4.79 Å². The molecule has 1 aliphatic rings. The van der Waals surface area contributed by atoms with Crippen LogP contribution in [0.5, 0.6) is 0 Å². The van der Waals surface area contributed by atoms with Crippen molar-refractivity contribution >= 4 is 22.9 Å². The third-order valence-electron chi connectivity index (χ3n) is 3.47. The lowest BCUT2D eigenvalue weighted by Gasteiger charge is -2.22. The summed E-state index contributed by atoms with van der Waals surface area (Å²) in [5, 5.41) is 2.98. The molecule has 0 fully saturated rings. The third kappa shape index (κ3) is 2.28. The van der Waals surface area contributed by atoms with Gasteiger partial charge in [0.2, 0.25) is 5.91 Å². The number of benzene rings is 1. The smallest absolute Gasteiger partial charge is 0.233 e. The maximum Gasteiger partial charge on any atom is 0.233 e. The van der Waals surface area contributed by atoms with Gasteiger partial charge < -0.3 is 4.90 Å². The van der Waals surface area contributed by atoms with Gasteiger partial charge in [0.05, 0.1) is 17.1 Å². The zero-order valence-electron chi connectivity index (χ0n) is 11.1. The van der Waals surface area contributed by atoms with E-state index in [2.05, 4.69) is 18.0 Å². The Hall–Kier alpha value is -1.68. The summed E-state index contributed by atoms with van der Waals surface area (Å²) < 4.78 is 0. The van der Waals surface area contributed by atoms with Crippen molar-refractivity contribution in [3.8, 4) is 0 Å². The number of carbonyl (C=O) groups is 1. The highest BCUT2D eigenvalue weighted by Crippen LogP contribution is 2.32. The van der Waals surface area contributed by atoms with Crippen LogP contribution in [-0.2, 0) is 17.6 Å². The molecule has 19 heavy (non-hydrogen) atoms. The highest BCUT2D eigenvalue weighted by Gasteiger charge is 2.30. The van der Waals surface area contributed by atoms with Crippen LogP contribution in [0.3, 0.4) is 0 Å². The van der Waals surface area contributed by atoms with Gasteiger partial charge in [-0.3, -0.25) is 4.79 Å². The minimum absolute atomic E-state index is 0.141. The second-order valence-corrected chi connectivity index (χ2v) is 6.04. The number of thiazole rings is 1. The summed E-state index contributed by atoms with van der Waals surface area (Å²) in [7, 11) is 0. The summed E-state index contributed by atoms with van der Waals surface area (Å²) in [4.78, 5) is 18.8. The first-order valence-electron chi connectivity index (χ1n) is 6.46. The predicted molar refractivity (Wildman–Crippen MR) is 77.6 cm³/mol. The van der Waals surface area contributed by atoms with E-state index in [-0.39, 0.29) is 11.9 Å². The van der Waals surface area contributed by atoms with Crippen LogP contribution in [0.1, 0.15) is 23.2 Å². The van der Waals surface area contributed by atoms with Crippen LogP contribution in [-0.4, -0.2) is 16.9 Å². The van der Waals surface area contributed by atoms with Crippen molar-refractivity contribution in [3.05, 3.63) is 45.9 Å². The molecule has 2 heterocycles. The summed E-state index contributed by atoms with van der Waals surface area (Å²) in [6, 6.07) is 8.40. The Morgan fingerprint density at radius 2 is 2.26 bits per heavy atom. The summed E-state index contributed by atoms with van der Waals surface area (Å²) in [5.41, 5.74) is 3.20. The zero-order valence-corrected chi connectivity index (χ0v) is 11.9. The number of amides is 1. The van der Waals surface area contributed by atoms with Gasteiger partial charge in [-0.15, -0.1) is 11.3 Å². The minimum Gasteiger partial charge on any atom is -0.309 e. The van der Waals surface area contributed by atoms with E-state index in [1.54, 1.807) is 11.3 Å². The lowest BCUT2D eigenvalue weighted by atomic mass is 10.1. The van der Waals surface area contributed by atoms with E-state index in [0.29, 0.717) is 6.42 Å². The van der Waals surface area contributed by atoms with Crippen molar-refractivity contribution in [1.29, 1.82) is 0 Å². The van der Waals surface area contributed by atoms with Crippen LogP contribution in [0.15, 0.2) is 29.6 Å². The Labute approximate surface area is 116 Å². The van der Waals surface area contributed by atoms with Crippen LogP contribution in [0.25, 0.3) is 0 Å². The second-order valence-electron chi connectivity index (χ2n) is 4.98. The zero-order chi connectivity index (χ0) is 13.4. The maximum absolute atomic E-state index is 12.5. The molecule has 98 valence electrons. The number of rotatable bonds is 2. The first-order valence-corrected chi connectivity index (χ1v) is 7.34. The Morgan fingerprint density at radius 1 is 1.47 bits per heavy atom. The number of anilines is 1. The van der Waals surface area contributed by atoms with Gasteiger partial charge in [-0.1, -0.05) is 18.2 Å². The molecule has 3 rings (SSSR count). The van der Waals surface area contributed by atoms with Crippen molar-refractivity contribution in [2.75, 3.05) is 4.90 Å². The van der Waals surface area contributed by atoms with Crippen molar-refractivity contribution in [1.82, 2.24) is 4.98 Å². The molecule has 1 aromatic carbocycles. The lowest BCUT2D eigenvalue weighted by molar-refractivity contribution is -0.118. The largest absolute Gasteiger partial charge is 0.309 e. The molecule has 1 aliphatic heterocycles. The quantitative estimate of drug-likeness (QED) is 0.842. The number of para-hydroxylation sites is 1. The normalized spacial score (nSPS) is 17.6. The monoisotopic (exact) mass is 272 g/mol. The topological polar surface area (TPSA) is 33.2 Å². The summed E-state index contributed by atoms with van der Waals surface area (Å²) in [5.74, 6) is 0.141. The average Bonchev–Trinajstić information content (AvgIpc) is 2.91. The number of hydrogen-bond donors (Lipinski definition) is 0. The van der Waals surface area contributed by atoms with Gasteiger partial charge >= 0.3 is 0 Å². The van der Waals surface area contributed by atoms with E-state index in [0.717, 1.165) is 22.8 Å². The number of aromatic nitrogens is 1. The first-order chi connectivity index (χ1) is 9.15. The number of carbonyl (C=O) groups excluding carboxylic acids is 1. The van der Waals surface area contributed by atoms with E-state index < -0.39 is 0 Å². The molecule has 0 N–H and O–H groups in total. The van der Waals surface area contributed by atoms with Gasteiger partial charge in [-0.25, -0.2) is 4.98 Å². The maximum atomic E-state index is 12.5. The van der Waals surface area contributed by atoms with Crippen molar-refractivity contribution in [3.63, 3.8) is 0 Å². The lowest BCUT2D eigenvalue weighted by Crippen LogP contribution is -2.36. The van der Waals surface area contributed by atoms with E-state index in [1.165, 1.54) is 5.56 Å². The SMILES string of the molecule is Cc1nc(CC(=O)N2c3ccccc3CC2C)cs1. The standard InChI is InChI=1S/C15H16N2OS/c1-10-7-12-5-3-4-6-14(12)17(10)15(18)8-13-9-19-11(2)16-13/h3-6,9-10H,7-8H2,1-2H3. The van der Waals surface area contributed by atoms with E-state index >= 15 is 0 Å². The molecule has 1 aromatic heterocycles. The molecular formula is C15H16N2OS.